The Bertz CT molecular complexity index is 1410. The van der Waals surface area contributed by atoms with Crippen molar-refractivity contribution in [3.63, 3.8) is 0 Å². The smallest absolute Gasteiger partial charge is 0.271 e. The summed E-state index contributed by atoms with van der Waals surface area (Å²) in [6, 6.07) is 5.21. The van der Waals surface area contributed by atoms with Crippen LogP contribution in [0.4, 0.5) is 20.4 Å². The number of ether oxygens (including phenoxy) is 1. The maximum atomic E-state index is 12.4. The van der Waals surface area contributed by atoms with Gasteiger partial charge < -0.3 is 25.4 Å². The van der Waals surface area contributed by atoms with Crippen LogP contribution in [0.2, 0.25) is 5.02 Å². The normalized spacial score (nSPS) is 11.0. The lowest BCUT2D eigenvalue weighted by Gasteiger charge is -2.31. The van der Waals surface area contributed by atoms with Crippen molar-refractivity contribution in [2.24, 2.45) is 0 Å². The highest BCUT2D eigenvalue weighted by atomic mass is 35.5. The fourth-order valence-electron chi connectivity index (χ4n) is 4.36. The molecule has 3 rings (SSSR count). The number of alkyl halides is 2. The number of halogens is 3. The Morgan fingerprint density at radius 3 is 2.24 bits per heavy atom. The number of aliphatic hydroxyl groups excluding tert-OH is 1. The second kappa shape index (κ2) is 20.9. The van der Waals surface area contributed by atoms with Crippen molar-refractivity contribution >= 4 is 29.1 Å². The minimum Gasteiger partial charge on any atom is -0.493 e. The first-order valence-electron chi connectivity index (χ1n) is 14.3. The number of rotatable bonds is 8. The van der Waals surface area contributed by atoms with E-state index in [1.54, 1.807) is 26.4 Å². The van der Waals surface area contributed by atoms with Gasteiger partial charge in [-0.25, -0.2) is 9.97 Å². The molecular weight excluding hydrogens is 602 g/mol. The van der Waals surface area contributed by atoms with Gasteiger partial charge in [-0.3, -0.25) is 18.6 Å². The highest BCUT2D eigenvalue weighted by molar-refractivity contribution is 6.32. The van der Waals surface area contributed by atoms with E-state index in [0.29, 0.717) is 54.6 Å². The quantitative estimate of drug-likeness (QED) is 0.260. The van der Waals surface area contributed by atoms with Gasteiger partial charge in [-0.2, -0.15) is 0 Å². The standard InChI is InChI=1S/C29H35ClN6O3.C2H6.2CH3F/c1-8-39-26-21(19(4)36(7)28-24(17(2)10-9-13-37)27(31)33-16-34-28)14-22(30)18(3)25(26)20-11-12-23(32-15-20)29(38)35(5)6;3*1-2/h11-12,14-17,19,37H,8,13H2,1-7H3,(H2,31,33,34);1-2H3;2*1H3. The van der Waals surface area contributed by atoms with Gasteiger partial charge in [0.05, 0.1) is 32.6 Å². The van der Waals surface area contributed by atoms with E-state index >= 15 is 0 Å². The number of carbonyl (C=O) groups is 1. The van der Waals surface area contributed by atoms with E-state index in [0.717, 1.165) is 22.3 Å². The van der Waals surface area contributed by atoms with Crippen molar-refractivity contribution in [1.29, 1.82) is 0 Å². The molecule has 9 nitrogen and oxygen atoms in total. The molecule has 0 aliphatic carbocycles. The van der Waals surface area contributed by atoms with Crippen molar-refractivity contribution in [2.75, 3.05) is 59.3 Å². The molecule has 2 unspecified atom stereocenters. The summed E-state index contributed by atoms with van der Waals surface area (Å²) in [5, 5.41) is 9.74. The number of hydrogen-bond acceptors (Lipinski definition) is 8. The maximum absolute atomic E-state index is 12.4. The minimum absolute atomic E-state index is 0.178. The average molecular weight is 649 g/mol. The molecule has 0 saturated heterocycles. The highest BCUT2D eigenvalue weighted by Crippen LogP contribution is 2.44. The van der Waals surface area contributed by atoms with Gasteiger partial charge in [0.25, 0.3) is 5.91 Å². The van der Waals surface area contributed by atoms with Crippen LogP contribution in [0.3, 0.4) is 0 Å². The highest BCUT2D eigenvalue weighted by Gasteiger charge is 2.27. The molecule has 45 heavy (non-hydrogen) atoms. The summed E-state index contributed by atoms with van der Waals surface area (Å²) >= 11 is 6.78. The first-order chi connectivity index (χ1) is 21.5. The summed E-state index contributed by atoms with van der Waals surface area (Å²) in [6.45, 7) is 12.0. The fourth-order valence-corrected chi connectivity index (χ4v) is 4.57. The molecule has 0 bridgehead atoms. The van der Waals surface area contributed by atoms with Crippen molar-refractivity contribution in [2.45, 2.75) is 53.5 Å². The van der Waals surface area contributed by atoms with Crippen LogP contribution in [0.25, 0.3) is 11.1 Å². The number of benzene rings is 1. The Morgan fingerprint density at radius 1 is 1.11 bits per heavy atom. The molecule has 0 aliphatic heterocycles. The van der Waals surface area contributed by atoms with Crippen molar-refractivity contribution in [1.82, 2.24) is 19.9 Å². The summed E-state index contributed by atoms with van der Waals surface area (Å²) in [7, 11) is 6.29. The van der Waals surface area contributed by atoms with E-state index in [9.17, 15) is 13.6 Å². The molecule has 2 aromatic heterocycles. The van der Waals surface area contributed by atoms with Gasteiger partial charge in [0.15, 0.2) is 0 Å². The van der Waals surface area contributed by atoms with Crippen LogP contribution in [0.1, 0.15) is 73.8 Å². The topological polar surface area (TPSA) is 118 Å². The third-order valence-corrected chi connectivity index (χ3v) is 6.95. The number of pyridine rings is 1. The SMILES string of the molecule is CC.CCOc1c(C(C)N(C)c2ncnc(N)c2C(C)C#CCO)cc(Cl)c(C)c1-c1ccc(C(=O)N(C)C)nc1.CF.CF. The van der Waals surface area contributed by atoms with Gasteiger partial charge in [-0.15, -0.1) is 0 Å². The number of nitrogens with zero attached hydrogens (tertiary/aromatic N) is 5. The number of amides is 1. The lowest BCUT2D eigenvalue weighted by molar-refractivity contribution is 0.0822. The van der Waals surface area contributed by atoms with Crippen LogP contribution >= 0.6 is 11.6 Å². The molecule has 2 heterocycles. The first kappa shape index (κ1) is 41.0. The summed E-state index contributed by atoms with van der Waals surface area (Å²) in [6.07, 6.45) is 3.09. The van der Waals surface area contributed by atoms with Crippen LogP contribution in [-0.2, 0) is 0 Å². The number of nitrogen functional groups attached to an aromatic ring is 1. The summed E-state index contributed by atoms with van der Waals surface area (Å²) in [4.78, 5) is 28.9. The molecule has 12 heteroatoms. The van der Waals surface area contributed by atoms with E-state index in [1.165, 1.54) is 11.2 Å². The Morgan fingerprint density at radius 2 is 1.73 bits per heavy atom. The monoisotopic (exact) mass is 648 g/mol. The van der Waals surface area contributed by atoms with Crippen LogP contribution in [0.15, 0.2) is 30.7 Å². The molecule has 248 valence electrons. The van der Waals surface area contributed by atoms with Gasteiger partial charge in [0, 0.05) is 55.0 Å². The zero-order chi connectivity index (χ0) is 34.9. The number of hydrogen-bond donors (Lipinski definition) is 2. The molecule has 0 radical (unpaired) electrons. The Balaban J connectivity index is 0.00000304. The van der Waals surface area contributed by atoms with Gasteiger partial charge in [0.1, 0.15) is 36.0 Å². The lowest BCUT2D eigenvalue weighted by atomic mass is 9.93. The lowest BCUT2D eigenvalue weighted by Crippen LogP contribution is -2.26. The number of aromatic nitrogens is 3. The average Bonchev–Trinajstić information content (AvgIpc) is 3.07. The first-order valence-corrected chi connectivity index (χ1v) is 14.7. The predicted molar refractivity (Wildman–Crippen MR) is 181 cm³/mol. The van der Waals surface area contributed by atoms with E-state index in [2.05, 4.69) is 26.8 Å². The largest absolute Gasteiger partial charge is 0.493 e. The Kier molecular flexibility index (Phi) is 19.0. The molecule has 0 saturated carbocycles. The molecule has 0 aliphatic rings. The van der Waals surface area contributed by atoms with E-state index in [1.807, 2.05) is 65.6 Å². The Hall–Kier alpha value is -4.01. The van der Waals surface area contributed by atoms with Crippen molar-refractivity contribution in [3.05, 3.63) is 58.1 Å². The van der Waals surface area contributed by atoms with Crippen LogP contribution < -0.4 is 15.4 Å². The molecule has 2 atom stereocenters. The summed E-state index contributed by atoms with van der Waals surface area (Å²) in [5.41, 5.74) is 10.6. The number of carbonyl (C=O) groups excluding carboxylic acids is 1. The molecule has 3 aromatic rings. The third kappa shape index (κ3) is 10.3. The Labute approximate surface area is 271 Å². The van der Waals surface area contributed by atoms with Gasteiger partial charge >= 0.3 is 0 Å². The fraction of sp³-hybridized carbons (Fsp3) is 0.455. The van der Waals surface area contributed by atoms with Crippen LogP contribution in [0.5, 0.6) is 5.75 Å². The van der Waals surface area contributed by atoms with Crippen molar-refractivity contribution in [3.8, 4) is 28.7 Å². The molecule has 1 amide bonds. The number of aliphatic hydroxyl groups is 1. The van der Waals surface area contributed by atoms with E-state index in [-0.39, 0.29) is 24.5 Å². The molecule has 1 aromatic carbocycles. The molecular formula is C33H47ClF2N6O3. The van der Waals surface area contributed by atoms with E-state index < -0.39 is 0 Å². The third-order valence-electron chi connectivity index (χ3n) is 6.56. The second-order valence-electron chi connectivity index (χ2n) is 9.33. The zero-order valence-corrected chi connectivity index (χ0v) is 28.9. The van der Waals surface area contributed by atoms with Gasteiger partial charge in [0.2, 0.25) is 0 Å². The minimum atomic E-state index is -0.305. The number of nitrogens with two attached hydrogens (primary N) is 1. The van der Waals surface area contributed by atoms with Crippen LogP contribution in [-0.4, -0.2) is 79.6 Å². The summed E-state index contributed by atoms with van der Waals surface area (Å²) < 4.78 is 25.2. The van der Waals surface area contributed by atoms with Gasteiger partial charge in [-0.05, 0) is 45.4 Å². The van der Waals surface area contributed by atoms with Crippen molar-refractivity contribution < 1.29 is 23.4 Å². The summed E-state index contributed by atoms with van der Waals surface area (Å²) in [5.74, 6) is 6.81. The number of anilines is 2. The second-order valence-corrected chi connectivity index (χ2v) is 9.73. The van der Waals surface area contributed by atoms with E-state index in [4.69, 9.17) is 27.2 Å². The molecule has 3 N–H and O–H groups in total. The van der Waals surface area contributed by atoms with Gasteiger partial charge in [-0.1, -0.05) is 43.4 Å². The molecule has 0 spiro atoms. The van der Waals surface area contributed by atoms with Crippen LogP contribution in [0, 0.1) is 18.8 Å². The zero-order valence-electron chi connectivity index (χ0n) is 28.2. The predicted octanol–water partition coefficient (Wildman–Crippen LogP) is 6.68. The molecule has 0 fully saturated rings. The maximum Gasteiger partial charge on any atom is 0.271 e.